The highest BCUT2D eigenvalue weighted by Gasteiger charge is 2.60. The minimum Gasteiger partial charge on any atom is -0.417 e. The number of rotatable bonds is 5. The zero-order valence-electron chi connectivity index (χ0n) is 23.9. The second-order valence-corrected chi connectivity index (χ2v) is 21.4. The molecule has 0 bridgehead atoms. The first-order valence-electron chi connectivity index (χ1n) is 13.9. The lowest BCUT2D eigenvalue weighted by atomic mass is 9.47. The minimum absolute atomic E-state index is 0.00200. The fourth-order valence-electron chi connectivity index (χ4n) is 6.91. The zero-order valence-corrected chi connectivity index (χ0v) is 21.9. The first-order valence-corrected chi connectivity index (χ1v) is 18.7. The van der Waals surface area contributed by atoms with Crippen LogP contribution < -0.4 is 0 Å². The second-order valence-electron chi connectivity index (χ2n) is 12.4. The molecular formula is C25H46O2Si2. The Hall–Kier alpha value is 0.0938. The van der Waals surface area contributed by atoms with Gasteiger partial charge in [-0.3, -0.25) is 0 Å². The molecule has 0 aromatic rings. The van der Waals surface area contributed by atoms with E-state index in [1.54, 1.807) is 6.08 Å². The SMILES string of the molecule is [2H]C1([2H])C=C2CC([2H])([2H])[C@@H]3[C@H](CC[C@]4(C)[C@@H](O[Si](C)(C)C)CC[C@@H]34)[C@@]2(CO[Si](C)(C)C)CC1. The number of allylic oxidation sites excluding steroid dienone is 1. The van der Waals surface area contributed by atoms with Crippen molar-refractivity contribution in [3.8, 4) is 0 Å². The Morgan fingerprint density at radius 3 is 2.48 bits per heavy atom. The molecular weight excluding hydrogens is 388 g/mol. The molecule has 0 N–H and O–H groups in total. The van der Waals surface area contributed by atoms with Crippen molar-refractivity contribution in [2.24, 2.45) is 28.6 Å². The number of hydrogen-bond donors (Lipinski definition) is 0. The van der Waals surface area contributed by atoms with Gasteiger partial charge in [0.25, 0.3) is 0 Å². The summed E-state index contributed by atoms with van der Waals surface area (Å²) in [5, 5.41) is 0. The Labute approximate surface area is 188 Å². The van der Waals surface area contributed by atoms with Crippen LogP contribution in [0.4, 0.5) is 0 Å². The summed E-state index contributed by atoms with van der Waals surface area (Å²) >= 11 is 0. The third-order valence-electron chi connectivity index (χ3n) is 8.31. The van der Waals surface area contributed by atoms with Gasteiger partial charge in [0.1, 0.15) is 0 Å². The van der Waals surface area contributed by atoms with E-state index in [2.05, 4.69) is 46.2 Å². The standard InChI is InChI=1S/C25H46O2Si2/c1-24-17-15-22-20(21(24)13-14-23(24)27-29(5,6)7)12-11-19-10-8-9-16-25(19,22)18-26-28(2,3)4/h10,20-23H,8-9,11-18H2,1-7H3/t20-,21-,22-,23-,24-,25+/m0/s1/i8D2,12D2. The molecule has 29 heavy (non-hydrogen) atoms. The molecule has 0 heterocycles. The van der Waals surface area contributed by atoms with Crippen molar-refractivity contribution >= 4 is 16.6 Å². The third kappa shape index (κ3) is 4.13. The predicted octanol–water partition coefficient (Wildman–Crippen LogP) is 7.39. The van der Waals surface area contributed by atoms with Crippen molar-refractivity contribution < 1.29 is 14.3 Å². The molecule has 0 saturated heterocycles. The van der Waals surface area contributed by atoms with E-state index < -0.39 is 29.4 Å². The van der Waals surface area contributed by atoms with Crippen molar-refractivity contribution in [1.82, 2.24) is 0 Å². The molecule has 0 aliphatic heterocycles. The molecule has 4 aliphatic carbocycles. The summed E-state index contributed by atoms with van der Waals surface area (Å²) in [5.41, 5.74) is 0.848. The molecule has 0 spiro atoms. The van der Waals surface area contributed by atoms with Gasteiger partial charge < -0.3 is 8.85 Å². The van der Waals surface area contributed by atoms with Gasteiger partial charge in [-0.1, -0.05) is 18.6 Å². The lowest BCUT2D eigenvalue weighted by Gasteiger charge is -2.59. The van der Waals surface area contributed by atoms with Gasteiger partial charge in [0.2, 0.25) is 0 Å². The van der Waals surface area contributed by atoms with Crippen LogP contribution >= 0.6 is 0 Å². The van der Waals surface area contributed by atoms with E-state index in [0.29, 0.717) is 25.4 Å². The van der Waals surface area contributed by atoms with Crippen molar-refractivity contribution in [3.05, 3.63) is 11.6 Å². The van der Waals surface area contributed by atoms with Gasteiger partial charge in [-0.25, -0.2) is 0 Å². The quantitative estimate of drug-likeness (QED) is 0.329. The zero-order chi connectivity index (χ0) is 24.7. The van der Waals surface area contributed by atoms with Gasteiger partial charge in [-0.15, -0.1) is 0 Å². The lowest BCUT2D eigenvalue weighted by Crippen LogP contribution is -2.54. The van der Waals surface area contributed by atoms with Crippen LogP contribution in [0.5, 0.6) is 0 Å². The van der Waals surface area contributed by atoms with E-state index in [9.17, 15) is 2.74 Å². The van der Waals surface area contributed by atoms with Crippen molar-refractivity contribution in [2.75, 3.05) is 6.61 Å². The monoisotopic (exact) mass is 438 g/mol. The predicted molar refractivity (Wildman–Crippen MR) is 128 cm³/mol. The Balaban J connectivity index is 1.74. The Bertz CT molecular complexity index is 803. The van der Waals surface area contributed by atoms with Gasteiger partial charge in [-0.2, -0.15) is 0 Å². The molecule has 0 aromatic carbocycles. The smallest absolute Gasteiger partial charge is 0.184 e. The lowest BCUT2D eigenvalue weighted by molar-refractivity contribution is -0.0849. The summed E-state index contributed by atoms with van der Waals surface area (Å²) in [4.78, 5) is 0. The fraction of sp³-hybridized carbons (Fsp3) is 0.920. The largest absolute Gasteiger partial charge is 0.417 e. The van der Waals surface area contributed by atoms with E-state index in [4.69, 9.17) is 11.6 Å². The highest BCUT2D eigenvalue weighted by Crippen LogP contribution is 2.66. The van der Waals surface area contributed by atoms with E-state index in [-0.39, 0.29) is 28.8 Å². The normalized spacial score (nSPS) is 48.2. The van der Waals surface area contributed by atoms with Crippen LogP contribution in [0.3, 0.4) is 0 Å². The molecule has 4 aliphatic rings. The summed E-state index contributed by atoms with van der Waals surface area (Å²) in [6.45, 7) is 16.5. The fourth-order valence-corrected chi connectivity index (χ4v) is 8.84. The highest BCUT2D eigenvalue weighted by molar-refractivity contribution is 6.70. The number of hydrogen-bond acceptors (Lipinski definition) is 2. The van der Waals surface area contributed by atoms with Crippen LogP contribution in [0.2, 0.25) is 39.3 Å². The molecule has 0 amide bonds. The summed E-state index contributed by atoms with van der Waals surface area (Å²) in [5.74, 6) is 0.554. The van der Waals surface area contributed by atoms with Crippen molar-refractivity contribution in [3.63, 3.8) is 0 Å². The Morgan fingerprint density at radius 2 is 1.79 bits per heavy atom. The van der Waals surface area contributed by atoms with Crippen LogP contribution in [0.25, 0.3) is 0 Å². The Morgan fingerprint density at radius 1 is 1.03 bits per heavy atom. The molecule has 4 heteroatoms. The topological polar surface area (TPSA) is 18.5 Å². The summed E-state index contributed by atoms with van der Waals surface area (Å²) in [6, 6.07) is 0. The molecule has 0 radical (unpaired) electrons. The highest BCUT2D eigenvalue weighted by atomic mass is 28.4. The molecule has 0 unspecified atom stereocenters. The average Bonchev–Trinajstić information content (AvgIpc) is 2.93. The van der Waals surface area contributed by atoms with Crippen LogP contribution in [0.1, 0.15) is 70.1 Å². The van der Waals surface area contributed by atoms with Gasteiger partial charge in [-0.05, 0) is 120 Å². The van der Waals surface area contributed by atoms with E-state index in [1.165, 1.54) is 0 Å². The Kier molecular flexibility index (Phi) is 4.62. The molecule has 4 rings (SSSR count). The first-order chi connectivity index (χ1) is 14.9. The van der Waals surface area contributed by atoms with Crippen LogP contribution in [0.15, 0.2) is 11.6 Å². The van der Waals surface area contributed by atoms with Gasteiger partial charge in [0.05, 0.1) is 6.10 Å². The van der Waals surface area contributed by atoms with Gasteiger partial charge >= 0.3 is 0 Å². The van der Waals surface area contributed by atoms with Crippen molar-refractivity contribution in [1.29, 1.82) is 0 Å². The van der Waals surface area contributed by atoms with Gasteiger partial charge in [0, 0.05) is 17.5 Å². The maximum atomic E-state index is 9.27. The third-order valence-corrected chi connectivity index (χ3v) is 10.3. The first kappa shape index (κ1) is 17.6. The maximum Gasteiger partial charge on any atom is 0.184 e. The molecule has 3 fully saturated rings. The molecule has 0 aromatic heterocycles. The average molecular weight is 439 g/mol. The minimum atomic E-state index is -1.76. The summed E-state index contributed by atoms with van der Waals surface area (Å²) in [6.07, 6.45) is 5.24. The van der Waals surface area contributed by atoms with E-state index in [0.717, 1.165) is 37.7 Å². The van der Waals surface area contributed by atoms with E-state index >= 15 is 0 Å². The van der Waals surface area contributed by atoms with Crippen LogP contribution in [-0.2, 0) is 8.85 Å². The van der Waals surface area contributed by atoms with Crippen molar-refractivity contribution in [2.45, 2.75) is 110 Å². The van der Waals surface area contributed by atoms with Crippen LogP contribution in [-0.4, -0.2) is 29.3 Å². The number of fused-ring (bicyclic) bond motifs is 5. The second kappa shape index (κ2) is 7.60. The molecule has 166 valence electrons. The summed E-state index contributed by atoms with van der Waals surface area (Å²) in [7, 11) is -3.44. The van der Waals surface area contributed by atoms with Gasteiger partial charge in [0.15, 0.2) is 16.6 Å². The van der Waals surface area contributed by atoms with E-state index in [1.807, 2.05) is 0 Å². The van der Waals surface area contributed by atoms with Crippen LogP contribution in [0, 0.1) is 28.6 Å². The summed E-state index contributed by atoms with van der Waals surface area (Å²) < 4.78 is 48.7. The molecule has 6 atom stereocenters. The maximum absolute atomic E-state index is 9.27. The molecule has 2 nitrogen and oxygen atoms in total. The molecule has 3 saturated carbocycles.